The van der Waals surface area contributed by atoms with E-state index in [0.717, 1.165) is 31.2 Å². The molecule has 1 fully saturated rings. The third-order valence-electron chi connectivity index (χ3n) is 4.27. The number of imidazole rings is 1. The Bertz CT molecular complexity index is 492. The van der Waals surface area contributed by atoms with Gasteiger partial charge in [0, 0.05) is 25.5 Å². The Balaban J connectivity index is 1.58. The van der Waals surface area contributed by atoms with Crippen LogP contribution in [0.4, 0.5) is 0 Å². The van der Waals surface area contributed by atoms with Gasteiger partial charge in [0.1, 0.15) is 5.76 Å². The maximum Gasteiger partial charge on any atom is 0.120 e. The van der Waals surface area contributed by atoms with Gasteiger partial charge in [-0.05, 0) is 43.9 Å². The van der Waals surface area contributed by atoms with Gasteiger partial charge in [-0.15, -0.1) is 0 Å². The van der Waals surface area contributed by atoms with Crippen LogP contribution in [0.25, 0.3) is 0 Å². The van der Waals surface area contributed by atoms with Crippen molar-refractivity contribution in [2.24, 2.45) is 5.92 Å². The lowest BCUT2D eigenvalue weighted by Crippen LogP contribution is -2.37. The smallest absolute Gasteiger partial charge is 0.120 e. The van der Waals surface area contributed by atoms with Gasteiger partial charge < -0.3 is 8.98 Å². The van der Waals surface area contributed by atoms with Crippen molar-refractivity contribution in [3.63, 3.8) is 0 Å². The van der Waals surface area contributed by atoms with E-state index >= 15 is 0 Å². The molecule has 0 unspecified atom stereocenters. The van der Waals surface area contributed by atoms with Crippen LogP contribution in [0.3, 0.4) is 0 Å². The highest BCUT2D eigenvalue weighted by Gasteiger charge is 2.28. The minimum atomic E-state index is 0.455. The van der Waals surface area contributed by atoms with Crippen LogP contribution in [0.15, 0.2) is 41.5 Å². The van der Waals surface area contributed by atoms with Crippen LogP contribution in [-0.4, -0.2) is 27.5 Å². The van der Waals surface area contributed by atoms with Gasteiger partial charge in [0.15, 0.2) is 0 Å². The maximum absolute atomic E-state index is 5.65. The standard InChI is InChI=1S/C16H23N3O/c1-14-5-9-19(8-3-7-18-10-6-17-13-18)15(12-14)16-4-2-11-20-16/h2,4,6,10-11,13-15H,3,5,7-9,12H2,1H3/t14-,15+/m1/s1. The van der Waals surface area contributed by atoms with E-state index in [1.807, 2.05) is 24.8 Å². The van der Waals surface area contributed by atoms with Crippen molar-refractivity contribution in [1.29, 1.82) is 0 Å². The van der Waals surface area contributed by atoms with Crippen molar-refractivity contribution < 1.29 is 4.42 Å². The zero-order valence-corrected chi connectivity index (χ0v) is 12.1. The second-order valence-corrected chi connectivity index (χ2v) is 5.85. The van der Waals surface area contributed by atoms with E-state index in [4.69, 9.17) is 4.42 Å². The van der Waals surface area contributed by atoms with Crippen LogP contribution >= 0.6 is 0 Å². The summed E-state index contributed by atoms with van der Waals surface area (Å²) < 4.78 is 7.79. The molecule has 0 aliphatic carbocycles. The van der Waals surface area contributed by atoms with E-state index < -0.39 is 0 Å². The van der Waals surface area contributed by atoms with Gasteiger partial charge in [0.25, 0.3) is 0 Å². The van der Waals surface area contributed by atoms with Crippen LogP contribution in [0, 0.1) is 5.92 Å². The highest BCUT2D eigenvalue weighted by atomic mass is 16.3. The van der Waals surface area contributed by atoms with Crippen LogP contribution in [0.5, 0.6) is 0 Å². The third kappa shape index (κ3) is 3.12. The summed E-state index contributed by atoms with van der Waals surface area (Å²) in [7, 11) is 0. The first-order valence-corrected chi connectivity index (χ1v) is 7.56. The molecule has 0 bridgehead atoms. The van der Waals surface area contributed by atoms with Gasteiger partial charge in [-0.1, -0.05) is 6.92 Å². The van der Waals surface area contributed by atoms with Gasteiger partial charge in [0.2, 0.25) is 0 Å². The second-order valence-electron chi connectivity index (χ2n) is 5.85. The minimum Gasteiger partial charge on any atom is -0.468 e. The zero-order chi connectivity index (χ0) is 13.8. The lowest BCUT2D eigenvalue weighted by molar-refractivity contribution is 0.0991. The average Bonchev–Trinajstić information content (AvgIpc) is 3.12. The molecule has 0 N–H and O–H groups in total. The third-order valence-corrected chi connectivity index (χ3v) is 4.27. The highest BCUT2D eigenvalue weighted by Crippen LogP contribution is 2.34. The Hall–Kier alpha value is -1.55. The molecule has 4 heteroatoms. The van der Waals surface area contributed by atoms with Crippen LogP contribution in [-0.2, 0) is 6.54 Å². The molecule has 3 heterocycles. The predicted octanol–water partition coefficient (Wildman–Crippen LogP) is 3.34. The number of aryl methyl sites for hydroxylation is 1. The van der Waals surface area contributed by atoms with Crippen molar-refractivity contribution in [1.82, 2.24) is 14.5 Å². The molecule has 2 aromatic rings. The van der Waals surface area contributed by atoms with Crippen molar-refractivity contribution in [3.8, 4) is 0 Å². The van der Waals surface area contributed by atoms with E-state index in [1.165, 1.54) is 19.4 Å². The predicted molar refractivity (Wildman–Crippen MR) is 78.3 cm³/mol. The highest BCUT2D eigenvalue weighted by molar-refractivity contribution is 5.06. The van der Waals surface area contributed by atoms with Gasteiger partial charge in [0.05, 0.1) is 18.6 Å². The van der Waals surface area contributed by atoms with E-state index in [-0.39, 0.29) is 0 Å². The minimum absolute atomic E-state index is 0.455. The Kier molecular flexibility index (Phi) is 4.21. The Labute approximate surface area is 120 Å². The summed E-state index contributed by atoms with van der Waals surface area (Å²) >= 11 is 0. The fourth-order valence-corrected chi connectivity index (χ4v) is 3.11. The normalized spacial score (nSPS) is 24.1. The molecule has 0 saturated carbocycles. The van der Waals surface area contributed by atoms with Crippen LogP contribution < -0.4 is 0 Å². The second kappa shape index (κ2) is 6.27. The maximum atomic E-state index is 5.65. The fraction of sp³-hybridized carbons (Fsp3) is 0.562. The number of piperidine rings is 1. The first kappa shape index (κ1) is 13.4. The van der Waals surface area contributed by atoms with Crippen molar-refractivity contribution in [2.45, 2.75) is 38.8 Å². The number of nitrogens with zero attached hydrogens (tertiary/aromatic N) is 3. The number of rotatable bonds is 5. The SMILES string of the molecule is C[C@@H]1CCN(CCCn2ccnc2)[C@H](c2ccco2)C1. The van der Waals surface area contributed by atoms with E-state index in [0.29, 0.717) is 6.04 Å². The number of hydrogen-bond donors (Lipinski definition) is 0. The Morgan fingerprint density at radius 2 is 2.35 bits per heavy atom. The molecule has 1 saturated heterocycles. The molecule has 0 radical (unpaired) electrons. The number of aromatic nitrogens is 2. The quantitative estimate of drug-likeness (QED) is 0.838. The summed E-state index contributed by atoms with van der Waals surface area (Å²) in [5.74, 6) is 1.91. The molecule has 3 rings (SSSR count). The first-order chi connectivity index (χ1) is 9.83. The largest absolute Gasteiger partial charge is 0.468 e. The van der Waals surface area contributed by atoms with Crippen molar-refractivity contribution >= 4 is 0 Å². The van der Waals surface area contributed by atoms with Crippen LogP contribution in [0.1, 0.15) is 38.0 Å². The molecular formula is C16H23N3O. The van der Waals surface area contributed by atoms with Crippen LogP contribution in [0.2, 0.25) is 0 Å². The fourth-order valence-electron chi connectivity index (χ4n) is 3.11. The van der Waals surface area contributed by atoms with Crippen molar-refractivity contribution in [3.05, 3.63) is 42.9 Å². The van der Waals surface area contributed by atoms with Gasteiger partial charge in [-0.3, -0.25) is 4.90 Å². The number of furan rings is 1. The lowest BCUT2D eigenvalue weighted by atomic mass is 9.91. The van der Waals surface area contributed by atoms with Gasteiger partial charge >= 0.3 is 0 Å². The summed E-state index contributed by atoms with van der Waals surface area (Å²) in [6.07, 6.45) is 11.2. The lowest BCUT2D eigenvalue weighted by Gasteiger charge is -2.37. The molecule has 1 aliphatic rings. The summed E-state index contributed by atoms with van der Waals surface area (Å²) in [5.41, 5.74) is 0. The molecule has 1 aliphatic heterocycles. The van der Waals surface area contributed by atoms with E-state index in [9.17, 15) is 0 Å². The van der Waals surface area contributed by atoms with E-state index in [1.54, 1.807) is 6.26 Å². The number of likely N-dealkylation sites (tertiary alicyclic amines) is 1. The molecule has 0 amide bonds. The van der Waals surface area contributed by atoms with Gasteiger partial charge in [-0.2, -0.15) is 0 Å². The Morgan fingerprint density at radius 3 is 3.10 bits per heavy atom. The summed E-state index contributed by atoms with van der Waals surface area (Å²) in [4.78, 5) is 6.67. The molecule has 2 atom stereocenters. The monoisotopic (exact) mass is 273 g/mol. The average molecular weight is 273 g/mol. The molecule has 0 aromatic carbocycles. The van der Waals surface area contributed by atoms with Crippen molar-refractivity contribution in [2.75, 3.05) is 13.1 Å². The zero-order valence-electron chi connectivity index (χ0n) is 12.1. The molecule has 0 spiro atoms. The topological polar surface area (TPSA) is 34.2 Å². The van der Waals surface area contributed by atoms with Gasteiger partial charge in [-0.25, -0.2) is 4.98 Å². The first-order valence-electron chi connectivity index (χ1n) is 7.56. The molecule has 4 nitrogen and oxygen atoms in total. The summed E-state index contributed by atoms with van der Waals surface area (Å²) in [5, 5.41) is 0. The summed E-state index contributed by atoms with van der Waals surface area (Å²) in [6.45, 7) is 5.68. The molecule has 20 heavy (non-hydrogen) atoms. The molecule has 2 aromatic heterocycles. The number of hydrogen-bond acceptors (Lipinski definition) is 3. The summed E-state index contributed by atoms with van der Waals surface area (Å²) in [6, 6.07) is 4.57. The molecule has 108 valence electrons. The molecular weight excluding hydrogens is 250 g/mol. The van der Waals surface area contributed by atoms with E-state index in [2.05, 4.69) is 27.4 Å². The Morgan fingerprint density at radius 1 is 1.40 bits per heavy atom.